The van der Waals surface area contributed by atoms with E-state index in [0.29, 0.717) is 65.4 Å². The molecule has 6 rings (SSSR count). The topological polar surface area (TPSA) is 99.4 Å². The van der Waals surface area contributed by atoms with Crippen LogP contribution in [0.5, 0.6) is 5.75 Å². The largest absolute Gasteiger partial charge is 0.496 e. The Morgan fingerprint density at radius 1 is 1.17 bits per heavy atom. The van der Waals surface area contributed by atoms with E-state index >= 15 is 4.39 Å². The van der Waals surface area contributed by atoms with Gasteiger partial charge in [0.05, 0.1) is 34.6 Å². The molecule has 0 saturated carbocycles. The summed E-state index contributed by atoms with van der Waals surface area (Å²) in [7, 11) is 1.52. The van der Waals surface area contributed by atoms with Gasteiger partial charge in [0.1, 0.15) is 17.7 Å². The van der Waals surface area contributed by atoms with Crippen molar-refractivity contribution >= 4 is 38.5 Å². The van der Waals surface area contributed by atoms with Crippen LogP contribution in [-0.2, 0) is 0 Å². The summed E-state index contributed by atoms with van der Waals surface area (Å²) in [5.41, 5.74) is 2.65. The maximum absolute atomic E-state index is 15.3. The summed E-state index contributed by atoms with van der Waals surface area (Å²) in [6.07, 6.45) is 3.41. The fraction of sp³-hybridized carbons (Fsp3) is 0.433. The molecular weight excluding hydrogens is 564 g/mol. The third kappa shape index (κ3) is 5.52. The van der Waals surface area contributed by atoms with Gasteiger partial charge in [-0.3, -0.25) is 9.20 Å². The van der Waals surface area contributed by atoms with Crippen LogP contribution in [0.1, 0.15) is 54.1 Å². The number of aromatic nitrogens is 2. The summed E-state index contributed by atoms with van der Waals surface area (Å²) in [6, 6.07) is 8.08. The highest BCUT2D eigenvalue weighted by molar-refractivity contribution is 7.23. The fourth-order valence-corrected chi connectivity index (χ4v) is 7.04. The lowest BCUT2D eigenvalue weighted by Gasteiger charge is -2.28. The molecule has 2 amide bonds. The van der Waals surface area contributed by atoms with Gasteiger partial charge in [0.2, 0.25) is 0 Å². The van der Waals surface area contributed by atoms with E-state index in [9.17, 15) is 19.1 Å². The van der Waals surface area contributed by atoms with Crippen molar-refractivity contribution in [3.8, 4) is 17.0 Å². The Kier molecular flexibility index (Phi) is 8.00. The first-order valence-corrected chi connectivity index (χ1v) is 15.1. The van der Waals surface area contributed by atoms with E-state index in [0.717, 1.165) is 42.7 Å². The Hall–Kier alpha value is -3.77. The zero-order valence-electron chi connectivity index (χ0n) is 23.3. The zero-order chi connectivity index (χ0) is 29.4. The minimum Gasteiger partial charge on any atom is -0.496 e. The van der Waals surface area contributed by atoms with Crippen molar-refractivity contribution in [2.45, 2.75) is 44.3 Å². The van der Waals surface area contributed by atoms with E-state index in [-0.39, 0.29) is 11.9 Å². The molecule has 42 heavy (non-hydrogen) atoms. The Morgan fingerprint density at radius 3 is 2.71 bits per heavy atom. The molecule has 0 bridgehead atoms. The number of rotatable bonds is 8. The molecule has 2 aromatic carbocycles. The number of ether oxygens (including phenoxy) is 1. The number of carboxylic acid groups (broad SMARTS) is 1. The van der Waals surface area contributed by atoms with E-state index in [4.69, 9.17) is 4.74 Å². The highest BCUT2D eigenvalue weighted by atomic mass is 32.1. The van der Waals surface area contributed by atoms with Crippen molar-refractivity contribution < 1.29 is 28.2 Å². The Labute approximate surface area is 245 Å². The summed E-state index contributed by atoms with van der Waals surface area (Å²) >= 11 is 1.39. The number of fused-ring (bicyclic) bond motifs is 3. The van der Waals surface area contributed by atoms with Crippen molar-refractivity contribution in [1.29, 1.82) is 0 Å². The van der Waals surface area contributed by atoms with Gasteiger partial charge in [0.15, 0.2) is 4.96 Å². The van der Waals surface area contributed by atoms with E-state index in [1.54, 1.807) is 30.5 Å². The number of nitrogens with one attached hydrogen (secondary N) is 1. The van der Waals surface area contributed by atoms with Crippen LogP contribution in [0.4, 0.5) is 13.6 Å². The van der Waals surface area contributed by atoms with Gasteiger partial charge >= 0.3 is 6.09 Å². The molecule has 2 saturated heterocycles. The number of amides is 2. The molecule has 12 heteroatoms. The van der Waals surface area contributed by atoms with Crippen molar-refractivity contribution in [2.75, 3.05) is 39.8 Å². The van der Waals surface area contributed by atoms with Crippen LogP contribution in [0.2, 0.25) is 0 Å². The summed E-state index contributed by atoms with van der Waals surface area (Å²) in [4.78, 5) is 33.5. The van der Waals surface area contributed by atoms with Gasteiger partial charge in [-0.15, -0.1) is 0 Å². The third-order valence-electron chi connectivity index (χ3n) is 8.27. The van der Waals surface area contributed by atoms with Crippen LogP contribution >= 0.6 is 11.3 Å². The normalized spacial score (nSPS) is 18.3. The second-order valence-corrected chi connectivity index (χ2v) is 11.9. The number of piperidine rings is 1. The number of carbonyl (C=O) groups is 2. The molecule has 4 heterocycles. The Bertz CT molecular complexity index is 1630. The quantitative estimate of drug-likeness (QED) is 0.252. The number of nitrogens with zero attached hydrogens (tertiary/aromatic N) is 4. The zero-order valence-corrected chi connectivity index (χ0v) is 24.1. The molecule has 2 aliphatic heterocycles. The van der Waals surface area contributed by atoms with Gasteiger partial charge in [0, 0.05) is 44.0 Å². The lowest BCUT2D eigenvalue weighted by Crippen LogP contribution is -2.36. The highest BCUT2D eigenvalue weighted by Gasteiger charge is 2.30. The second-order valence-electron chi connectivity index (χ2n) is 10.9. The number of hydrogen-bond donors (Lipinski definition) is 2. The van der Waals surface area contributed by atoms with E-state index in [2.05, 4.69) is 15.2 Å². The van der Waals surface area contributed by atoms with Gasteiger partial charge in [-0.2, -0.15) is 0 Å². The van der Waals surface area contributed by atoms with Crippen molar-refractivity contribution in [1.82, 2.24) is 24.5 Å². The van der Waals surface area contributed by atoms with Crippen LogP contribution in [-0.4, -0.2) is 82.3 Å². The predicted molar refractivity (Wildman–Crippen MR) is 157 cm³/mol. The van der Waals surface area contributed by atoms with Crippen LogP contribution in [0.15, 0.2) is 36.5 Å². The van der Waals surface area contributed by atoms with E-state index in [1.165, 1.54) is 29.4 Å². The Morgan fingerprint density at radius 2 is 1.98 bits per heavy atom. The van der Waals surface area contributed by atoms with E-state index < -0.39 is 18.1 Å². The first kappa shape index (κ1) is 28.4. The lowest BCUT2D eigenvalue weighted by atomic mass is 10.0. The average molecular weight is 598 g/mol. The highest BCUT2D eigenvalue weighted by Crippen LogP contribution is 2.37. The molecule has 2 N–H and O–H groups in total. The van der Waals surface area contributed by atoms with Crippen LogP contribution < -0.4 is 10.1 Å². The first-order chi connectivity index (χ1) is 20.3. The maximum Gasteiger partial charge on any atom is 0.407 e. The molecule has 4 aromatic rings. The molecule has 9 nitrogen and oxygen atoms in total. The summed E-state index contributed by atoms with van der Waals surface area (Å²) in [6.45, 7) is 3.28. The first-order valence-electron chi connectivity index (χ1n) is 14.3. The smallest absolute Gasteiger partial charge is 0.407 e. The van der Waals surface area contributed by atoms with Crippen molar-refractivity contribution in [3.05, 3.63) is 53.5 Å². The number of imidazole rings is 1. The number of halogens is 2. The third-order valence-corrected chi connectivity index (χ3v) is 9.28. The fourth-order valence-electron chi connectivity index (χ4n) is 6.01. The average Bonchev–Trinajstić information content (AvgIpc) is 3.70. The minimum atomic E-state index is -0.995. The summed E-state index contributed by atoms with van der Waals surface area (Å²) in [5.74, 6) is -0.257. The Balaban J connectivity index is 1.18. The van der Waals surface area contributed by atoms with Crippen molar-refractivity contribution in [3.63, 3.8) is 0 Å². The molecule has 2 aromatic heterocycles. The number of thiazole rings is 1. The number of benzene rings is 2. The van der Waals surface area contributed by atoms with Gasteiger partial charge in [0.25, 0.3) is 5.91 Å². The molecule has 1 atom stereocenters. The van der Waals surface area contributed by atoms with Crippen LogP contribution in [0.3, 0.4) is 0 Å². The molecular formula is C30H33F2N5O4S. The van der Waals surface area contributed by atoms with Crippen LogP contribution in [0, 0.1) is 5.82 Å². The number of hydrogen-bond acceptors (Lipinski definition) is 6. The number of carbonyl (C=O) groups excluding carboxylic acids is 1. The lowest BCUT2D eigenvalue weighted by molar-refractivity contribution is 0.0946. The molecule has 0 radical (unpaired) electrons. The molecule has 0 unspecified atom stereocenters. The van der Waals surface area contributed by atoms with Crippen LogP contribution in [0.25, 0.3) is 26.4 Å². The summed E-state index contributed by atoms with van der Waals surface area (Å²) < 4.78 is 36.9. The van der Waals surface area contributed by atoms with Gasteiger partial charge in [-0.05, 0) is 62.4 Å². The maximum atomic E-state index is 15.3. The van der Waals surface area contributed by atoms with Gasteiger partial charge in [-0.1, -0.05) is 17.4 Å². The molecule has 0 aliphatic carbocycles. The van der Waals surface area contributed by atoms with E-state index in [1.807, 2.05) is 4.40 Å². The number of methoxy groups -OCH3 is 1. The van der Waals surface area contributed by atoms with Gasteiger partial charge in [-0.25, -0.2) is 18.6 Å². The standard InChI is InChI=1S/C30H33F2N5O4S/c1-41-26-16-25-27(15-21(26)28(38)33-9-3-10-35-12-7-19(31)8-13-35)42-29-34-23(17-37(25)29)20-6-5-18(14-22(20)32)24-4-2-11-36(24)30(39)40/h5-6,14-17,19,24H,2-4,7-13H2,1H3,(H,33,38)(H,39,40)/t24-/m0/s1. The molecule has 2 fully saturated rings. The second kappa shape index (κ2) is 11.8. The monoisotopic (exact) mass is 597 g/mol. The molecule has 222 valence electrons. The van der Waals surface area contributed by atoms with Crippen molar-refractivity contribution in [2.24, 2.45) is 0 Å². The predicted octanol–water partition coefficient (Wildman–Crippen LogP) is 5.73. The molecule has 2 aliphatic rings. The number of likely N-dealkylation sites (tertiary alicyclic amines) is 2. The minimum absolute atomic E-state index is 0.228. The SMILES string of the molecule is COc1cc2c(cc1C(=O)NCCCN1CCC(F)CC1)sc1nc(-c3ccc([C@@H]4CCCN4C(=O)O)cc3F)cn12. The van der Waals surface area contributed by atoms with Gasteiger partial charge < -0.3 is 25.0 Å². The summed E-state index contributed by atoms with van der Waals surface area (Å²) in [5, 5.41) is 12.4. The molecule has 0 spiro atoms. The number of alkyl halides is 1.